The largest absolute Gasteiger partial charge is 0.481 e. The summed E-state index contributed by atoms with van der Waals surface area (Å²) >= 11 is 0. The van der Waals surface area contributed by atoms with Crippen LogP contribution in [0.15, 0.2) is 12.1 Å². The first-order valence-electron chi connectivity index (χ1n) is 11.3. The lowest BCUT2D eigenvalue weighted by atomic mass is 9.81. The number of carboxylic acid groups (broad SMARTS) is 1. The zero-order valence-electron chi connectivity index (χ0n) is 19.8. The van der Waals surface area contributed by atoms with Crippen molar-refractivity contribution in [1.29, 1.82) is 0 Å². The average Bonchev–Trinajstić information content (AvgIpc) is 3.41. The molecule has 0 saturated heterocycles. The smallest absolute Gasteiger partial charge is 0.409 e. The molecule has 1 amide bonds. The van der Waals surface area contributed by atoms with Gasteiger partial charge in [-0.2, -0.15) is 0 Å². The molecule has 0 bridgehead atoms. The molecule has 2 aliphatic rings. The second-order valence-corrected chi connectivity index (χ2v) is 9.50. The first-order valence-corrected chi connectivity index (χ1v) is 11.3. The fraction of sp³-hybridized carbons (Fsp3) is 0.542. The molecule has 35 heavy (non-hydrogen) atoms. The summed E-state index contributed by atoms with van der Waals surface area (Å²) in [6, 6.07) is 3.54. The number of hydrogen-bond acceptors (Lipinski definition) is 6. The highest BCUT2D eigenvalue weighted by atomic mass is 19.3. The Bertz CT molecular complexity index is 1200. The van der Waals surface area contributed by atoms with Crippen molar-refractivity contribution in [3.63, 3.8) is 0 Å². The minimum absolute atomic E-state index is 0.0363. The number of carboxylic acids is 1. The summed E-state index contributed by atoms with van der Waals surface area (Å²) < 4.78 is 32.9. The monoisotopic (exact) mass is 487 g/mol. The number of carbonyl (C=O) groups excluding carboxylic acids is 1. The van der Waals surface area contributed by atoms with E-state index in [-0.39, 0.29) is 38.3 Å². The summed E-state index contributed by atoms with van der Waals surface area (Å²) in [5.74, 6) is 2.44. The number of nitrogens with zero attached hydrogens (tertiary/aromatic N) is 5. The Kier molecular flexibility index (Phi) is 6.49. The van der Waals surface area contributed by atoms with Crippen molar-refractivity contribution in [2.75, 3.05) is 13.6 Å². The van der Waals surface area contributed by atoms with Crippen LogP contribution in [0.25, 0.3) is 11.4 Å². The minimum Gasteiger partial charge on any atom is -0.481 e. The van der Waals surface area contributed by atoms with Crippen molar-refractivity contribution in [3.8, 4) is 23.2 Å². The average molecular weight is 488 g/mol. The second kappa shape index (κ2) is 9.24. The molecule has 0 aliphatic heterocycles. The quantitative estimate of drug-likeness (QED) is 0.596. The third-order valence-electron chi connectivity index (χ3n) is 6.43. The number of amides is 1. The summed E-state index contributed by atoms with van der Waals surface area (Å²) in [7, 11) is 3.19. The number of ether oxygens (including phenoxy) is 1. The fourth-order valence-electron chi connectivity index (χ4n) is 4.17. The van der Waals surface area contributed by atoms with Gasteiger partial charge >= 0.3 is 12.1 Å². The van der Waals surface area contributed by atoms with Crippen LogP contribution in [-0.2, 0) is 23.2 Å². The van der Waals surface area contributed by atoms with Crippen molar-refractivity contribution in [2.24, 2.45) is 18.4 Å². The van der Waals surface area contributed by atoms with Crippen molar-refractivity contribution in [1.82, 2.24) is 24.9 Å². The van der Waals surface area contributed by atoms with Gasteiger partial charge in [0.2, 0.25) is 5.92 Å². The summed E-state index contributed by atoms with van der Waals surface area (Å²) in [6.45, 7) is 1.91. The summed E-state index contributed by atoms with van der Waals surface area (Å²) in [5, 5.41) is 17.2. The number of aromatic nitrogens is 4. The van der Waals surface area contributed by atoms with Gasteiger partial charge in [-0.05, 0) is 37.8 Å². The first-order chi connectivity index (χ1) is 16.5. The fourth-order valence-corrected chi connectivity index (χ4v) is 4.17. The molecule has 4 rings (SSSR count). The SMILES string of the molecule is Cc1nc(-c2nnn(C)c2COC(=O)N(C)CC2CC(F)(F)C2)ccc1C#CC1(CC(=O)O)CC1. The van der Waals surface area contributed by atoms with Gasteiger partial charge in [0.1, 0.15) is 18.0 Å². The molecule has 186 valence electrons. The van der Waals surface area contributed by atoms with Crippen LogP contribution in [0.1, 0.15) is 49.1 Å². The number of aryl methyl sites for hydroxylation is 2. The Morgan fingerprint density at radius 2 is 2.03 bits per heavy atom. The zero-order chi connectivity index (χ0) is 25.4. The predicted molar refractivity (Wildman–Crippen MR) is 120 cm³/mol. The van der Waals surface area contributed by atoms with E-state index in [9.17, 15) is 18.4 Å². The van der Waals surface area contributed by atoms with E-state index in [0.717, 1.165) is 12.8 Å². The molecular weight excluding hydrogens is 460 g/mol. The highest BCUT2D eigenvalue weighted by molar-refractivity contribution is 5.69. The second-order valence-electron chi connectivity index (χ2n) is 9.50. The van der Waals surface area contributed by atoms with E-state index in [1.165, 1.54) is 16.6 Å². The Morgan fingerprint density at radius 3 is 2.63 bits per heavy atom. The molecule has 9 nitrogen and oxygen atoms in total. The maximum atomic E-state index is 13.0. The lowest BCUT2D eigenvalue weighted by Crippen LogP contribution is -2.43. The van der Waals surface area contributed by atoms with Gasteiger partial charge in [-0.25, -0.2) is 18.3 Å². The molecule has 2 aromatic heterocycles. The third-order valence-corrected chi connectivity index (χ3v) is 6.43. The molecular formula is C24H27F2N5O4. The van der Waals surface area contributed by atoms with Gasteiger partial charge in [0, 0.05) is 44.5 Å². The van der Waals surface area contributed by atoms with Crippen LogP contribution >= 0.6 is 0 Å². The Morgan fingerprint density at radius 1 is 1.31 bits per heavy atom. The van der Waals surface area contributed by atoms with E-state index >= 15 is 0 Å². The molecule has 0 radical (unpaired) electrons. The number of hydrogen-bond donors (Lipinski definition) is 1. The van der Waals surface area contributed by atoms with E-state index < -0.39 is 23.4 Å². The van der Waals surface area contributed by atoms with Crippen LogP contribution in [-0.4, -0.2) is 61.6 Å². The highest BCUT2D eigenvalue weighted by Gasteiger charge is 2.46. The molecule has 11 heteroatoms. The highest BCUT2D eigenvalue weighted by Crippen LogP contribution is 2.48. The van der Waals surface area contributed by atoms with Crippen LogP contribution in [0.4, 0.5) is 13.6 Å². The topological polar surface area (TPSA) is 110 Å². The molecule has 0 unspecified atom stereocenters. The van der Waals surface area contributed by atoms with E-state index in [1.807, 2.05) is 0 Å². The van der Waals surface area contributed by atoms with Gasteiger partial charge in [-0.3, -0.25) is 9.78 Å². The zero-order valence-corrected chi connectivity index (χ0v) is 19.8. The van der Waals surface area contributed by atoms with Crippen molar-refractivity contribution >= 4 is 12.1 Å². The lowest BCUT2D eigenvalue weighted by molar-refractivity contribution is -0.137. The number of aliphatic carboxylic acids is 1. The van der Waals surface area contributed by atoms with E-state index in [0.29, 0.717) is 28.3 Å². The molecule has 0 atom stereocenters. The number of carbonyl (C=O) groups is 2. The molecule has 0 aromatic carbocycles. The van der Waals surface area contributed by atoms with Crippen LogP contribution in [0.3, 0.4) is 0 Å². The number of pyridine rings is 1. The van der Waals surface area contributed by atoms with Gasteiger partial charge in [0.05, 0.1) is 17.8 Å². The third kappa shape index (κ3) is 5.75. The standard InChI is InChI=1S/C24H27F2N5O4/c1-15-17(6-7-23(8-9-23)12-20(32)33)4-5-18(27-15)21-19(31(3)29-28-21)14-35-22(34)30(2)13-16-10-24(25,26)11-16/h4-5,16H,8-14H2,1-3H3,(H,32,33). The van der Waals surface area contributed by atoms with Gasteiger partial charge in [0.15, 0.2) is 0 Å². The van der Waals surface area contributed by atoms with Crippen molar-refractivity contribution in [2.45, 2.75) is 51.6 Å². The normalized spacial score (nSPS) is 17.6. The molecule has 2 fully saturated rings. The molecule has 2 heterocycles. The Hall–Kier alpha value is -3.55. The lowest BCUT2D eigenvalue weighted by Gasteiger charge is -2.36. The van der Waals surface area contributed by atoms with Gasteiger partial charge in [-0.1, -0.05) is 17.1 Å². The van der Waals surface area contributed by atoms with E-state index in [4.69, 9.17) is 9.84 Å². The minimum atomic E-state index is -2.63. The maximum Gasteiger partial charge on any atom is 0.409 e. The Balaban J connectivity index is 1.41. The molecule has 0 spiro atoms. The van der Waals surface area contributed by atoms with Gasteiger partial charge in [-0.15, -0.1) is 5.10 Å². The van der Waals surface area contributed by atoms with Crippen molar-refractivity contribution < 1.29 is 28.2 Å². The van der Waals surface area contributed by atoms with Crippen LogP contribution in [0, 0.1) is 30.1 Å². The molecule has 2 aliphatic carbocycles. The van der Waals surface area contributed by atoms with Crippen LogP contribution in [0.2, 0.25) is 0 Å². The summed E-state index contributed by atoms with van der Waals surface area (Å²) in [4.78, 5) is 29.3. The predicted octanol–water partition coefficient (Wildman–Crippen LogP) is 3.41. The molecule has 2 aromatic rings. The van der Waals surface area contributed by atoms with E-state index in [2.05, 4.69) is 27.1 Å². The van der Waals surface area contributed by atoms with Crippen LogP contribution < -0.4 is 0 Å². The van der Waals surface area contributed by atoms with Gasteiger partial charge < -0.3 is 14.7 Å². The van der Waals surface area contributed by atoms with Crippen LogP contribution in [0.5, 0.6) is 0 Å². The van der Waals surface area contributed by atoms with Gasteiger partial charge in [0.25, 0.3) is 0 Å². The number of halogens is 2. The van der Waals surface area contributed by atoms with E-state index in [1.54, 1.807) is 26.1 Å². The molecule has 1 N–H and O–H groups in total. The number of alkyl halides is 2. The Labute approximate surface area is 201 Å². The van der Waals surface area contributed by atoms with Crippen molar-refractivity contribution in [3.05, 3.63) is 29.1 Å². The summed E-state index contributed by atoms with van der Waals surface area (Å²) in [5.41, 5.74) is 2.44. The molecule has 2 saturated carbocycles. The first kappa shape index (κ1) is 24.6. The number of rotatable bonds is 7. The summed E-state index contributed by atoms with van der Waals surface area (Å²) in [6.07, 6.45) is 0.548. The maximum absolute atomic E-state index is 13.0.